The van der Waals surface area contributed by atoms with Crippen molar-refractivity contribution in [3.05, 3.63) is 40.9 Å². The molecule has 0 spiro atoms. The van der Waals surface area contributed by atoms with Gasteiger partial charge in [0.2, 0.25) is 0 Å². The van der Waals surface area contributed by atoms with Gasteiger partial charge in [0.25, 0.3) is 5.78 Å². The Morgan fingerprint density at radius 2 is 1.89 bits per heavy atom. The average molecular weight is 283 g/mol. The van der Waals surface area contributed by atoms with Gasteiger partial charge < -0.3 is 9.47 Å². The van der Waals surface area contributed by atoms with Crippen LogP contribution in [0.3, 0.4) is 0 Å². The SMILES string of the molecule is CCOC(=O)C(=O)/C=C(\Cl)Cc1ccc(OC)cc1. The zero-order chi connectivity index (χ0) is 14.3. The summed E-state index contributed by atoms with van der Waals surface area (Å²) in [7, 11) is 1.58. The van der Waals surface area contributed by atoms with Crippen molar-refractivity contribution in [2.45, 2.75) is 13.3 Å². The average Bonchev–Trinajstić information content (AvgIpc) is 2.39. The third-order valence-electron chi connectivity index (χ3n) is 2.30. The van der Waals surface area contributed by atoms with Gasteiger partial charge in [-0.25, -0.2) is 4.79 Å². The zero-order valence-corrected chi connectivity index (χ0v) is 11.6. The minimum Gasteiger partial charge on any atom is -0.497 e. The van der Waals surface area contributed by atoms with Crippen molar-refractivity contribution >= 4 is 23.4 Å². The van der Waals surface area contributed by atoms with Gasteiger partial charge in [0, 0.05) is 17.5 Å². The Morgan fingerprint density at radius 3 is 2.42 bits per heavy atom. The molecule has 0 heterocycles. The summed E-state index contributed by atoms with van der Waals surface area (Å²) in [6, 6.07) is 7.27. The van der Waals surface area contributed by atoms with Crippen molar-refractivity contribution in [2.24, 2.45) is 0 Å². The Hall–Kier alpha value is -1.81. The number of rotatable bonds is 6. The molecule has 0 fully saturated rings. The van der Waals surface area contributed by atoms with Crippen LogP contribution in [0.25, 0.3) is 0 Å². The number of ketones is 1. The molecule has 0 bridgehead atoms. The Kier molecular flexibility index (Phi) is 6.09. The minimum absolute atomic E-state index is 0.161. The highest BCUT2D eigenvalue weighted by atomic mass is 35.5. The van der Waals surface area contributed by atoms with Crippen molar-refractivity contribution in [1.29, 1.82) is 0 Å². The van der Waals surface area contributed by atoms with E-state index in [2.05, 4.69) is 4.74 Å². The van der Waals surface area contributed by atoms with Crippen LogP contribution in [0.1, 0.15) is 12.5 Å². The van der Waals surface area contributed by atoms with Gasteiger partial charge >= 0.3 is 5.97 Å². The van der Waals surface area contributed by atoms with E-state index in [1.54, 1.807) is 26.2 Å². The van der Waals surface area contributed by atoms with Gasteiger partial charge in [-0.15, -0.1) is 0 Å². The number of carbonyl (C=O) groups is 2. The predicted molar refractivity (Wildman–Crippen MR) is 72.3 cm³/mol. The minimum atomic E-state index is -0.893. The maximum Gasteiger partial charge on any atom is 0.379 e. The van der Waals surface area contributed by atoms with Crippen LogP contribution in [0.15, 0.2) is 35.4 Å². The number of benzene rings is 1. The number of methoxy groups -OCH3 is 1. The van der Waals surface area contributed by atoms with Gasteiger partial charge in [-0.1, -0.05) is 23.7 Å². The number of halogens is 1. The van der Waals surface area contributed by atoms with E-state index >= 15 is 0 Å². The van der Waals surface area contributed by atoms with E-state index in [-0.39, 0.29) is 11.6 Å². The van der Waals surface area contributed by atoms with Crippen LogP contribution in [0, 0.1) is 0 Å². The van der Waals surface area contributed by atoms with E-state index in [0.717, 1.165) is 17.4 Å². The second-order valence-electron chi connectivity index (χ2n) is 3.70. The lowest BCUT2D eigenvalue weighted by Crippen LogP contribution is -2.15. The van der Waals surface area contributed by atoms with Crippen molar-refractivity contribution in [1.82, 2.24) is 0 Å². The molecule has 5 heteroatoms. The molecule has 102 valence electrons. The fourth-order valence-corrected chi connectivity index (χ4v) is 1.65. The number of ether oxygens (including phenoxy) is 2. The first-order valence-corrected chi connectivity index (χ1v) is 6.14. The van der Waals surface area contributed by atoms with Crippen LogP contribution in [-0.4, -0.2) is 25.5 Å². The summed E-state index contributed by atoms with van der Waals surface area (Å²) in [5.74, 6) is -0.901. The summed E-state index contributed by atoms with van der Waals surface area (Å²) in [6.45, 7) is 1.79. The normalized spacial score (nSPS) is 11.0. The summed E-state index contributed by atoms with van der Waals surface area (Å²) in [5.41, 5.74) is 0.915. The van der Waals surface area contributed by atoms with Gasteiger partial charge in [-0.3, -0.25) is 4.79 Å². The molecule has 19 heavy (non-hydrogen) atoms. The summed E-state index contributed by atoms with van der Waals surface area (Å²) in [4.78, 5) is 22.5. The van der Waals surface area contributed by atoms with Crippen LogP contribution in [0.4, 0.5) is 0 Å². The fourth-order valence-electron chi connectivity index (χ4n) is 1.39. The number of hydrogen-bond acceptors (Lipinski definition) is 4. The summed E-state index contributed by atoms with van der Waals surface area (Å²) in [5, 5.41) is 0.281. The van der Waals surface area contributed by atoms with Crippen molar-refractivity contribution in [3.63, 3.8) is 0 Å². The number of hydrogen-bond donors (Lipinski definition) is 0. The van der Waals surface area contributed by atoms with Crippen LogP contribution in [-0.2, 0) is 20.7 Å². The summed E-state index contributed by atoms with van der Waals surface area (Å²) < 4.78 is 9.61. The standard InChI is InChI=1S/C14H15ClO4/c1-3-19-14(17)13(16)9-11(15)8-10-4-6-12(18-2)7-5-10/h4-7,9H,3,8H2,1-2H3/b11-9-. The fraction of sp³-hybridized carbons (Fsp3) is 0.286. The van der Waals surface area contributed by atoms with Gasteiger partial charge in [0.1, 0.15) is 5.75 Å². The number of esters is 1. The molecular formula is C14H15ClO4. The molecule has 0 aliphatic heterocycles. The first-order valence-electron chi connectivity index (χ1n) is 5.77. The number of carbonyl (C=O) groups excluding carboxylic acids is 2. The lowest BCUT2D eigenvalue weighted by atomic mass is 10.1. The van der Waals surface area contributed by atoms with Gasteiger partial charge in [0.15, 0.2) is 0 Å². The first kappa shape index (κ1) is 15.2. The lowest BCUT2D eigenvalue weighted by molar-refractivity contribution is -0.151. The van der Waals surface area contributed by atoms with Crippen molar-refractivity contribution in [3.8, 4) is 5.75 Å². The van der Waals surface area contributed by atoms with Crippen LogP contribution in [0.2, 0.25) is 0 Å². The molecular weight excluding hydrogens is 268 g/mol. The molecule has 0 aliphatic carbocycles. The molecule has 0 N–H and O–H groups in total. The highest BCUT2D eigenvalue weighted by Gasteiger charge is 2.12. The maximum atomic E-state index is 11.4. The van der Waals surface area contributed by atoms with Crippen LogP contribution in [0.5, 0.6) is 5.75 Å². The molecule has 0 atom stereocenters. The van der Waals surface area contributed by atoms with E-state index < -0.39 is 11.8 Å². The lowest BCUT2D eigenvalue weighted by Gasteiger charge is -2.03. The molecule has 0 radical (unpaired) electrons. The maximum absolute atomic E-state index is 11.4. The molecule has 0 amide bonds. The monoisotopic (exact) mass is 282 g/mol. The van der Waals surface area contributed by atoms with Gasteiger partial charge in [-0.2, -0.15) is 0 Å². The smallest absolute Gasteiger partial charge is 0.379 e. The molecule has 1 aromatic rings. The molecule has 0 saturated heterocycles. The Bertz CT molecular complexity index is 477. The van der Waals surface area contributed by atoms with E-state index in [1.165, 1.54) is 0 Å². The topological polar surface area (TPSA) is 52.6 Å². The molecule has 4 nitrogen and oxygen atoms in total. The van der Waals surface area contributed by atoms with Gasteiger partial charge in [0.05, 0.1) is 13.7 Å². The van der Waals surface area contributed by atoms with Crippen LogP contribution >= 0.6 is 11.6 Å². The third kappa shape index (κ3) is 5.14. The second-order valence-corrected chi connectivity index (χ2v) is 4.19. The highest BCUT2D eigenvalue weighted by Crippen LogP contribution is 2.16. The molecule has 1 aromatic carbocycles. The molecule has 0 aromatic heterocycles. The first-order chi connectivity index (χ1) is 9.06. The van der Waals surface area contributed by atoms with E-state index in [0.29, 0.717) is 6.42 Å². The highest BCUT2D eigenvalue weighted by molar-refractivity contribution is 6.41. The Balaban J connectivity index is 2.64. The predicted octanol–water partition coefficient (Wildman–Crippen LogP) is 2.49. The molecule has 0 saturated carbocycles. The van der Waals surface area contributed by atoms with Gasteiger partial charge in [-0.05, 0) is 24.6 Å². The van der Waals surface area contributed by atoms with E-state index in [1.807, 2.05) is 12.1 Å². The molecule has 1 rings (SSSR count). The Morgan fingerprint density at radius 1 is 1.26 bits per heavy atom. The van der Waals surface area contributed by atoms with E-state index in [4.69, 9.17) is 16.3 Å². The summed E-state index contributed by atoms with van der Waals surface area (Å²) >= 11 is 5.93. The van der Waals surface area contributed by atoms with Crippen molar-refractivity contribution in [2.75, 3.05) is 13.7 Å². The summed E-state index contributed by atoms with van der Waals surface area (Å²) in [6.07, 6.45) is 1.46. The second kappa shape index (κ2) is 7.59. The third-order valence-corrected chi connectivity index (χ3v) is 2.54. The largest absolute Gasteiger partial charge is 0.497 e. The Labute approximate surface area is 117 Å². The zero-order valence-electron chi connectivity index (χ0n) is 10.8. The van der Waals surface area contributed by atoms with Crippen molar-refractivity contribution < 1.29 is 19.1 Å². The molecule has 0 aliphatic rings. The van der Waals surface area contributed by atoms with Crippen LogP contribution < -0.4 is 4.74 Å². The van der Waals surface area contributed by atoms with E-state index in [9.17, 15) is 9.59 Å². The quantitative estimate of drug-likeness (QED) is 0.457. The number of allylic oxidation sites excluding steroid dienone is 1. The molecule has 0 unspecified atom stereocenters.